The maximum absolute atomic E-state index is 12.7. The Balaban J connectivity index is 1.47. The first kappa shape index (κ1) is 21.2. The number of fused-ring (bicyclic) bond motifs is 1. The highest BCUT2D eigenvalue weighted by Crippen LogP contribution is 2.29. The summed E-state index contributed by atoms with van der Waals surface area (Å²) in [5, 5.41) is 8.42. The molecule has 2 heterocycles. The van der Waals surface area contributed by atoms with E-state index >= 15 is 0 Å². The number of benzene rings is 2. The van der Waals surface area contributed by atoms with Gasteiger partial charge in [0.2, 0.25) is 0 Å². The number of hydrogen-bond donors (Lipinski definition) is 1. The van der Waals surface area contributed by atoms with Gasteiger partial charge in [-0.3, -0.25) is 9.48 Å². The molecule has 0 radical (unpaired) electrons. The second-order valence-corrected chi connectivity index (χ2v) is 7.85. The number of carbonyl (C=O) groups is 1. The zero-order valence-electron chi connectivity index (χ0n) is 17.4. The summed E-state index contributed by atoms with van der Waals surface area (Å²) in [6.45, 7) is 3.90. The molecule has 1 aliphatic rings. The molecule has 0 bridgehead atoms. The zero-order valence-corrected chi connectivity index (χ0v) is 17.4. The first-order valence-electron chi connectivity index (χ1n) is 10.1. The number of carbonyl (C=O) groups excluding carboxylic acids is 1. The minimum atomic E-state index is -4.37. The van der Waals surface area contributed by atoms with Crippen molar-refractivity contribution < 1.29 is 18.0 Å². The van der Waals surface area contributed by atoms with Crippen molar-refractivity contribution in [1.29, 1.82) is 0 Å². The molecule has 4 rings (SSSR count). The molecule has 164 valence electrons. The number of nitrogens with zero attached hydrogens (tertiary/aromatic N) is 4. The Morgan fingerprint density at radius 2 is 1.71 bits per heavy atom. The van der Waals surface area contributed by atoms with Crippen LogP contribution < -0.4 is 10.2 Å². The van der Waals surface area contributed by atoms with Gasteiger partial charge in [0.25, 0.3) is 5.91 Å². The average Bonchev–Trinajstić information content (AvgIpc) is 3.08. The molecule has 6 nitrogen and oxygen atoms in total. The number of hydrogen-bond acceptors (Lipinski definition) is 4. The van der Waals surface area contributed by atoms with Crippen LogP contribution in [0.5, 0.6) is 0 Å². The standard InChI is InChI=1S/C22H24F3N5O/c1-28-9-11-30(12-10-28)20-18-8-5-16(13-19(18)29(2)27-20)21(31)26-14-15-3-6-17(7-4-15)22(23,24)25/h3-8,13H,9-12,14H2,1-2H3,(H,26,31). The molecule has 1 fully saturated rings. The van der Waals surface area contributed by atoms with Crippen LogP contribution in [0.3, 0.4) is 0 Å². The maximum atomic E-state index is 12.7. The first-order chi connectivity index (χ1) is 14.7. The Hall–Kier alpha value is -3.07. The Morgan fingerprint density at radius 1 is 1.03 bits per heavy atom. The molecule has 9 heteroatoms. The molecular weight excluding hydrogens is 407 g/mol. The molecule has 1 aromatic heterocycles. The van der Waals surface area contributed by atoms with Crippen molar-refractivity contribution in [2.45, 2.75) is 12.7 Å². The number of aryl methyl sites for hydroxylation is 1. The summed E-state index contributed by atoms with van der Waals surface area (Å²) >= 11 is 0. The topological polar surface area (TPSA) is 53.4 Å². The SMILES string of the molecule is CN1CCN(c2nn(C)c3cc(C(=O)NCc4ccc(C(F)(F)F)cc4)ccc23)CC1. The summed E-state index contributed by atoms with van der Waals surface area (Å²) in [5.41, 5.74) is 1.23. The minimum absolute atomic E-state index is 0.146. The largest absolute Gasteiger partial charge is 0.416 e. The Bertz CT molecular complexity index is 1080. The van der Waals surface area contributed by atoms with Crippen LogP contribution in [-0.4, -0.2) is 53.8 Å². The van der Waals surface area contributed by atoms with E-state index in [1.54, 1.807) is 16.8 Å². The van der Waals surface area contributed by atoms with Crippen molar-refractivity contribution in [2.75, 3.05) is 38.1 Å². The van der Waals surface area contributed by atoms with Gasteiger partial charge < -0.3 is 15.1 Å². The molecule has 0 unspecified atom stereocenters. The lowest BCUT2D eigenvalue weighted by Crippen LogP contribution is -2.44. The van der Waals surface area contributed by atoms with E-state index in [0.29, 0.717) is 11.1 Å². The van der Waals surface area contributed by atoms with E-state index in [9.17, 15) is 18.0 Å². The van der Waals surface area contributed by atoms with Crippen LogP contribution in [0.25, 0.3) is 10.9 Å². The number of halogens is 3. The molecule has 1 aliphatic heterocycles. The Morgan fingerprint density at radius 3 is 2.35 bits per heavy atom. The Labute approximate surface area is 178 Å². The lowest BCUT2D eigenvalue weighted by Gasteiger charge is -2.32. The van der Waals surface area contributed by atoms with Crippen molar-refractivity contribution in [2.24, 2.45) is 7.05 Å². The van der Waals surface area contributed by atoms with E-state index in [-0.39, 0.29) is 12.5 Å². The highest BCUT2D eigenvalue weighted by Gasteiger charge is 2.30. The Kier molecular flexibility index (Phi) is 5.62. The van der Waals surface area contributed by atoms with E-state index in [1.807, 2.05) is 13.1 Å². The van der Waals surface area contributed by atoms with Gasteiger partial charge in [-0.2, -0.15) is 18.3 Å². The molecule has 2 aromatic carbocycles. The fourth-order valence-electron chi connectivity index (χ4n) is 3.73. The first-order valence-corrected chi connectivity index (χ1v) is 10.1. The smallest absolute Gasteiger partial charge is 0.352 e. The predicted octanol–water partition coefficient (Wildman–Crippen LogP) is 3.27. The van der Waals surface area contributed by atoms with E-state index < -0.39 is 11.7 Å². The monoisotopic (exact) mass is 431 g/mol. The third-order valence-electron chi connectivity index (χ3n) is 5.63. The van der Waals surface area contributed by atoms with E-state index in [4.69, 9.17) is 0 Å². The van der Waals surface area contributed by atoms with Gasteiger partial charge in [-0.25, -0.2) is 0 Å². The third-order valence-corrected chi connectivity index (χ3v) is 5.63. The number of likely N-dealkylation sites (N-methyl/N-ethyl adjacent to an activating group) is 1. The van der Waals surface area contributed by atoms with Crippen LogP contribution in [-0.2, 0) is 19.8 Å². The van der Waals surface area contributed by atoms with Crippen molar-refractivity contribution >= 4 is 22.6 Å². The van der Waals surface area contributed by atoms with Crippen LogP contribution in [0.2, 0.25) is 0 Å². The lowest BCUT2D eigenvalue weighted by molar-refractivity contribution is -0.137. The highest BCUT2D eigenvalue weighted by atomic mass is 19.4. The number of amides is 1. The molecule has 0 saturated carbocycles. The summed E-state index contributed by atoms with van der Waals surface area (Å²) in [4.78, 5) is 17.1. The zero-order chi connectivity index (χ0) is 22.2. The van der Waals surface area contributed by atoms with Gasteiger partial charge in [-0.05, 0) is 42.9 Å². The molecule has 0 aliphatic carbocycles. The van der Waals surface area contributed by atoms with Crippen LogP contribution in [0.15, 0.2) is 42.5 Å². The molecule has 3 aromatic rings. The highest BCUT2D eigenvalue weighted by molar-refractivity contribution is 6.00. The molecule has 1 N–H and O–H groups in total. The van der Waals surface area contributed by atoms with Crippen molar-refractivity contribution in [3.63, 3.8) is 0 Å². The van der Waals surface area contributed by atoms with Crippen LogP contribution in [0.4, 0.5) is 19.0 Å². The molecular formula is C22H24F3N5O. The number of alkyl halides is 3. The molecule has 0 spiro atoms. The normalized spacial score (nSPS) is 15.5. The van der Waals surface area contributed by atoms with Gasteiger partial charge >= 0.3 is 6.18 Å². The molecule has 0 atom stereocenters. The van der Waals surface area contributed by atoms with Crippen molar-refractivity contribution in [3.05, 3.63) is 59.2 Å². The number of piperazine rings is 1. The second kappa shape index (κ2) is 8.22. The molecule has 1 saturated heterocycles. The van der Waals surface area contributed by atoms with Gasteiger partial charge in [-0.1, -0.05) is 12.1 Å². The molecule has 1 amide bonds. The van der Waals surface area contributed by atoms with Crippen LogP contribution in [0, 0.1) is 0 Å². The quantitative estimate of drug-likeness (QED) is 0.689. The summed E-state index contributed by atoms with van der Waals surface area (Å²) < 4.78 is 39.8. The second-order valence-electron chi connectivity index (χ2n) is 7.85. The van der Waals surface area contributed by atoms with Crippen LogP contribution in [0.1, 0.15) is 21.5 Å². The third kappa shape index (κ3) is 4.51. The van der Waals surface area contributed by atoms with Gasteiger partial charge in [0, 0.05) is 50.7 Å². The summed E-state index contributed by atoms with van der Waals surface area (Å²) in [5.74, 6) is 0.631. The van der Waals surface area contributed by atoms with Crippen LogP contribution >= 0.6 is 0 Å². The van der Waals surface area contributed by atoms with E-state index in [1.165, 1.54) is 12.1 Å². The summed E-state index contributed by atoms with van der Waals surface area (Å²) in [6, 6.07) is 10.2. The molecule has 31 heavy (non-hydrogen) atoms. The maximum Gasteiger partial charge on any atom is 0.416 e. The number of aromatic nitrogens is 2. The predicted molar refractivity (Wildman–Crippen MR) is 113 cm³/mol. The fourth-order valence-corrected chi connectivity index (χ4v) is 3.73. The minimum Gasteiger partial charge on any atom is -0.352 e. The fraction of sp³-hybridized carbons (Fsp3) is 0.364. The van der Waals surface area contributed by atoms with Crippen molar-refractivity contribution in [3.8, 4) is 0 Å². The summed E-state index contributed by atoms with van der Waals surface area (Å²) in [7, 11) is 3.95. The average molecular weight is 431 g/mol. The van der Waals surface area contributed by atoms with Gasteiger partial charge in [0.05, 0.1) is 11.1 Å². The lowest BCUT2D eigenvalue weighted by atomic mass is 10.1. The summed E-state index contributed by atoms with van der Waals surface area (Å²) in [6.07, 6.45) is -4.37. The van der Waals surface area contributed by atoms with Crippen molar-refractivity contribution in [1.82, 2.24) is 20.0 Å². The van der Waals surface area contributed by atoms with Gasteiger partial charge in [0.15, 0.2) is 5.82 Å². The number of nitrogens with one attached hydrogen (secondary N) is 1. The van der Waals surface area contributed by atoms with Gasteiger partial charge in [-0.15, -0.1) is 0 Å². The van der Waals surface area contributed by atoms with E-state index in [2.05, 4.69) is 27.3 Å². The van der Waals surface area contributed by atoms with Gasteiger partial charge in [0.1, 0.15) is 0 Å². The number of anilines is 1. The number of rotatable bonds is 4. The van der Waals surface area contributed by atoms with E-state index in [0.717, 1.165) is 55.0 Å².